The lowest BCUT2D eigenvalue weighted by Crippen LogP contribution is -2.22. The lowest BCUT2D eigenvalue weighted by Gasteiger charge is -2.12. The molecule has 1 heterocycles. The summed E-state index contributed by atoms with van der Waals surface area (Å²) in [5, 5.41) is 2.44. The Kier molecular flexibility index (Phi) is 4.49. The first-order chi connectivity index (χ1) is 8.20. The quantitative estimate of drug-likeness (QED) is 0.869. The van der Waals surface area contributed by atoms with Crippen LogP contribution in [-0.4, -0.2) is 32.2 Å². The summed E-state index contributed by atoms with van der Waals surface area (Å²) in [5.74, 6) is -0.496. The van der Waals surface area contributed by atoms with Gasteiger partial charge in [0.1, 0.15) is 5.82 Å². The molecule has 3 N–H and O–H groups in total. The molecule has 0 fully saturated rings. The molecule has 0 saturated heterocycles. The van der Waals surface area contributed by atoms with Crippen LogP contribution in [0.25, 0.3) is 0 Å². The molecule has 102 valence electrons. The van der Waals surface area contributed by atoms with Crippen LogP contribution in [-0.2, 0) is 17.0 Å². The molecule has 2 atom stereocenters. The van der Waals surface area contributed by atoms with Crippen molar-refractivity contribution in [2.24, 2.45) is 0 Å². The van der Waals surface area contributed by atoms with E-state index in [1.165, 1.54) is 6.26 Å². The van der Waals surface area contributed by atoms with E-state index in [1.54, 1.807) is 6.92 Å². The summed E-state index contributed by atoms with van der Waals surface area (Å²) in [6.45, 7) is 1.94. The predicted octanol–water partition coefficient (Wildman–Crippen LogP) is 1.26. The van der Waals surface area contributed by atoms with Crippen LogP contribution in [0.15, 0.2) is 6.07 Å². The van der Waals surface area contributed by atoms with E-state index in [1.807, 2.05) is 0 Å². The Morgan fingerprint density at radius 2 is 2.11 bits per heavy atom. The number of alkyl halides is 3. The molecule has 0 aliphatic carbocycles. The van der Waals surface area contributed by atoms with Crippen molar-refractivity contribution in [3.63, 3.8) is 0 Å². The van der Waals surface area contributed by atoms with Gasteiger partial charge in [0.15, 0.2) is 5.69 Å². The van der Waals surface area contributed by atoms with Gasteiger partial charge in [-0.05, 0) is 6.92 Å². The summed E-state index contributed by atoms with van der Waals surface area (Å²) >= 11 is 0. The molecule has 1 rings (SSSR count). The molecule has 0 amide bonds. The third-order valence-corrected chi connectivity index (χ3v) is 3.47. The van der Waals surface area contributed by atoms with Crippen LogP contribution in [0.1, 0.15) is 12.6 Å². The maximum atomic E-state index is 12.5. The normalized spacial score (nSPS) is 15.2. The molecule has 0 aromatic carbocycles. The largest absolute Gasteiger partial charge is 0.433 e. The fourth-order valence-corrected chi connectivity index (χ4v) is 1.39. The number of anilines is 2. The summed E-state index contributed by atoms with van der Waals surface area (Å²) in [5.41, 5.74) is 4.09. The molecular formula is C9H13F3N4OS. The highest BCUT2D eigenvalue weighted by molar-refractivity contribution is 7.84. The highest BCUT2D eigenvalue weighted by atomic mass is 32.2. The van der Waals surface area contributed by atoms with Gasteiger partial charge < -0.3 is 11.1 Å². The number of halogens is 3. The lowest BCUT2D eigenvalue weighted by molar-refractivity contribution is -0.141. The zero-order valence-electron chi connectivity index (χ0n) is 9.78. The van der Waals surface area contributed by atoms with E-state index in [2.05, 4.69) is 15.3 Å². The van der Waals surface area contributed by atoms with Crippen LogP contribution in [0.2, 0.25) is 0 Å². The first-order valence-electron chi connectivity index (χ1n) is 4.98. The summed E-state index contributed by atoms with van der Waals surface area (Å²) in [7, 11) is -1.07. The molecule has 2 unspecified atom stereocenters. The Labute approximate surface area is 104 Å². The van der Waals surface area contributed by atoms with E-state index in [0.29, 0.717) is 0 Å². The van der Waals surface area contributed by atoms with E-state index in [0.717, 1.165) is 6.07 Å². The minimum Gasteiger partial charge on any atom is -0.369 e. The first-order valence-corrected chi connectivity index (χ1v) is 6.60. The van der Waals surface area contributed by atoms with Crippen LogP contribution >= 0.6 is 0 Å². The molecule has 1 aromatic rings. The molecule has 0 saturated carbocycles. The summed E-state index contributed by atoms with van der Waals surface area (Å²) in [6.07, 6.45) is -3.06. The van der Waals surface area contributed by atoms with Gasteiger partial charge in [0, 0.05) is 34.9 Å². The van der Waals surface area contributed by atoms with Crippen LogP contribution in [0.4, 0.5) is 24.9 Å². The first kappa shape index (κ1) is 14.7. The number of nitrogens with zero attached hydrogens (tertiary/aromatic N) is 2. The van der Waals surface area contributed by atoms with E-state index >= 15 is 0 Å². The molecule has 0 bridgehead atoms. The minimum atomic E-state index is -4.58. The molecule has 0 aliphatic rings. The van der Waals surface area contributed by atoms with Gasteiger partial charge in [0.25, 0.3) is 0 Å². The van der Waals surface area contributed by atoms with Crippen molar-refractivity contribution in [1.29, 1.82) is 0 Å². The van der Waals surface area contributed by atoms with Gasteiger partial charge in [-0.1, -0.05) is 0 Å². The van der Waals surface area contributed by atoms with Crippen molar-refractivity contribution in [2.45, 2.75) is 18.3 Å². The second kappa shape index (κ2) is 5.51. The van der Waals surface area contributed by atoms with Crippen molar-refractivity contribution in [2.75, 3.05) is 23.9 Å². The number of nitrogen functional groups attached to an aromatic ring is 1. The molecule has 0 radical (unpaired) electrons. The van der Waals surface area contributed by atoms with Crippen molar-refractivity contribution < 1.29 is 17.4 Å². The average Bonchev–Trinajstić information content (AvgIpc) is 2.23. The Morgan fingerprint density at radius 3 is 2.61 bits per heavy atom. The number of nitrogens with two attached hydrogens (primary N) is 1. The zero-order chi connectivity index (χ0) is 13.9. The van der Waals surface area contributed by atoms with Gasteiger partial charge in [-0.3, -0.25) is 4.21 Å². The van der Waals surface area contributed by atoms with Gasteiger partial charge >= 0.3 is 6.18 Å². The second-order valence-corrected chi connectivity index (χ2v) is 5.49. The van der Waals surface area contributed by atoms with Crippen molar-refractivity contribution in [3.05, 3.63) is 11.8 Å². The van der Waals surface area contributed by atoms with Gasteiger partial charge in [-0.15, -0.1) is 0 Å². The van der Waals surface area contributed by atoms with Crippen molar-refractivity contribution in [1.82, 2.24) is 9.97 Å². The molecule has 9 heteroatoms. The van der Waals surface area contributed by atoms with Crippen LogP contribution in [0.3, 0.4) is 0 Å². The van der Waals surface area contributed by atoms with E-state index in [4.69, 9.17) is 5.73 Å². The standard InChI is InChI=1S/C9H13F3N4OS/c1-5(18(2)17)4-14-7-3-6(9(10,11)12)15-8(13)16-7/h3,5H,4H2,1-2H3,(H3,13,14,15,16). The van der Waals surface area contributed by atoms with Gasteiger partial charge in [-0.25, -0.2) is 4.98 Å². The summed E-state index contributed by atoms with van der Waals surface area (Å²) in [4.78, 5) is 6.74. The molecule has 1 aromatic heterocycles. The second-order valence-electron chi connectivity index (χ2n) is 3.68. The van der Waals surface area contributed by atoms with Crippen molar-refractivity contribution >= 4 is 22.6 Å². The number of aromatic nitrogens is 2. The number of hydrogen-bond donors (Lipinski definition) is 2. The number of hydrogen-bond acceptors (Lipinski definition) is 5. The van der Waals surface area contributed by atoms with Crippen LogP contribution in [0.5, 0.6) is 0 Å². The highest BCUT2D eigenvalue weighted by Gasteiger charge is 2.33. The number of nitrogens with one attached hydrogen (secondary N) is 1. The van der Waals surface area contributed by atoms with E-state index in [-0.39, 0.29) is 17.6 Å². The Hall–Kier alpha value is -1.38. The highest BCUT2D eigenvalue weighted by Crippen LogP contribution is 2.29. The average molecular weight is 282 g/mol. The smallest absolute Gasteiger partial charge is 0.369 e. The molecule has 0 spiro atoms. The van der Waals surface area contributed by atoms with E-state index in [9.17, 15) is 17.4 Å². The maximum absolute atomic E-state index is 12.5. The zero-order valence-corrected chi connectivity index (χ0v) is 10.6. The topological polar surface area (TPSA) is 80.9 Å². The van der Waals surface area contributed by atoms with Crippen LogP contribution in [0, 0.1) is 0 Å². The minimum absolute atomic E-state index is 0.0351. The Bertz CT molecular complexity index is 452. The monoisotopic (exact) mass is 282 g/mol. The molecule has 5 nitrogen and oxygen atoms in total. The third kappa shape index (κ3) is 4.13. The van der Waals surface area contributed by atoms with Gasteiger partial charge in [0.05, 0.1) is 0 Å². The Morgan fingerprint density at radius 1 is 1.50 bits per heavy atom. The maximum Gasteiger partial charge on any atom is 0.433 e. The fourth-order valence-electron chi connectivity index (χ4n) is 1.07. The SMILES string of the molecule is CC(CNc1cc(C(F)(F)F)nc(N)n1)S(C)=O. The molecule has 0 aliphatic heterocycles. The number of rotatable bonds is 4. The molecule has 18 heavy (non-hydrogen) atoms. The van der Waals surface area contributed by atoms with Crippen molar-refractivity contribution in [3.8, 4) is 0 Å². The summed E-state index contributed by atoms with van der Waals surface area (Å²) in [6, 6.07) is 0.766. The molecular weight excluding hydrogens is 269 g/mol. The van der Waals surface area contributed by atoms with Gasteiger partial charge in [0.2, 0.25) is 5.95 Å². The fraction of sp³-hybridized carbons (Fsp3) is 0.556. The predicted molar refractivity (Wildman–Crippen MR) is 63.5 cm³/mol. The van der Waals surface area contributed by atoms with E-state index < -0.39 is 28.6 Å². The summed E-state index contributed by atoms with van der Waals surface area (Å²) < 4.78 is 48.4. The third-order valence-electron chi connectivity index (χ3n) is 2.17. The van der Waals surface area contributed by atoms with Gasteiger partial charge in [-0.2, -0.15) is 18.2 Å². The lowest BCUT2D eigenvalue weighted by atomic mass is 10.3. The van der Waals surface area contributed by atoms with Crippen LogP contribution < -0.4 is 11.1 Å². The Balaban J connectivity index is 2.84.